The first-order valence-corrected chi connectivity index (χ1v) is 17.3. The van der Waals surface area contributed by atoms with Gasteiger partial charge < -0.3 is 4.57 Å². The first-order chi connectivity index (χ1) is 21.9. The van der Waals surface area contributed by atoms with Gasteiger partial charge in [-0.2, -0.15) is 10.5 Å². The maximum absolute atomic E-state index is 9.77. The van der Waals surface area contributed by atoms with Gasteiger partial charge in [0.2, 0.25) is 6.71 Å². The van der Waals surface area contributed by atoms with E-state index in [9.17, 15) is 10.5 Å². The molecule has 222 valence electrons. The van der Waals surface area contributed by atoms with Gasteiger partial charge in [-0.3, -0.25) is 0 Å². The van der Waals surface area contributed by atoms with E-state index in [0.29, 0.717) is 11.1 Å². The molecule has 1 aromatic heterocycles. The Morgan fingerprint density at radius 1 is 0.565 bits per heavy atom. The van der Waals surface area contributed by atoms with E-state index >= 15 is 0 Å². The fourth-order valence-electron chi connectivity index (χ4n) is 6.99. The summed E-state index contributed by atoms with van der Waals surface area (Å²) in [6.07, 6.45) is 0. The Bertz CT molecular complexity index is 2210. The molecule has 2 aliphatic rings. The third-order valence-corrected chi connectivity index (χ3v) is 11.8. The van der Waals surface area contributed by atoms with E-state index in [4.69, 9.17) is 0 Å². The summed E-state index contributed by atoms with van der Waals surface area (Å²) in [5.74, 6) is 0. The molecule has 3 nitrogen and oxygen atoms in total. The summed E-state index contributed by atoms with van der Waals surface area (Å²) in [4.78, 5) is 4.77. The van der Waals surface area contributed by atoms with Gasteiger partial charge in [-0.15, -0.1) is 0 Å². The summed E-state index contributed by atoms with van der Waals surface area (Å²) in [6, 6.07) is 35.5. The fourth-order valence-corrected chi connectivity index (χ4v) is 9.43. The van der Waals surface area contributed by atoms with Gasteiger partial charge in [0.25, 0.3) is 0 Å². The molecule has 0 fully saturated rings. The maximum atomic E-state index is 9.77. The van der Waals surface area contributed by atoms with Crippen molar-refractivity contribution >= 4 is 68.4 Å². The normalized spacial score (nSPS) is 13.6. The molecule has 0 aliphatic carbocycles. The maximum Gasteiger partial charge on any atom is 0.247 e. The van der Waals surface area contributed by atoms with Gasteiger partial charge in [0.1, 0.15) is 0 Å². The predicted molar refractivity (Wildman–Crippen MR) is 193 cm³/mol. The average Bonchev–Trinajstić information content (AvgIpc) is 3.36. The van der Waals surface area contributed by atoms with Gasteiger partial charge in [0.05, 0.1) is 34.3 Å². The molecule has 0 radical (unpaired) electrons. The number of hydrogen-bond donors (Lipinski definition) is 0. The third-order valence-electron chi connectivity index (χ3n) is 9.47. The van der Waals surface area contributed by atoms with E-state index in [2.05, 4.69) is 119 Å². The second-order valence-electron chi connectivity index (χ2n) is 14.5. The Hall–Kier alpha value is -4.36. The number of nitrogens with zero attached hydrogens (tertiary/aromatic N) is 3. The molecule has 0 spiro atoms. The molecule has 0 saturated heterocycles. The largest absolute Gasteiger partial charge is 0.309 e. The van der Waals surface area contributed by atoms with Crippen molar-refractivity contribution in [2.75, 3.05) is 0 Å². The van der Waals surface area contributed by atoms with Crippen LogP contribution in [0, 0.1) is 22.7 Å². The van der Waals surface area contributed by atoms with Gasteiger partial charge in [0.15, 0.2) is 0 Å². The van der Waals surface area contributed by atoms with Gasteiger partial charge in [-0.1, -0.05) is 88.1 Å². The van der Waals surface area contributed by atoms with Crippen LogP contribution in [-0.2, 0) is 10.8 Å². The highest BCUT2D eigenvalue weighted by Gasteiger charge is 2.39. The minimum Gasteiger partial charge on any atom is -0.309 e. The first-order valence-electron chi connectivity index (χ1n) is 15.7. The predicted octanol–water partition coefficient (Wildman–Crippen LogP) is 8.57. The Labute approximate surface area is 279 Å². The Morgan fingerprint density at radius 3 is 1.43 bits per heavy atom. The van der Waals surface area contributed by atoms with Crippen LogP contribution in [0.15, 0.2) is 105 Å². The molecule has 6 aromatic rings. The second-order valence-corrected chi connectivity index (χ2v) is 16.7. The molecular formula is C40H32BN3S2. The Morgan fingerprint density at radius 2 is 1.02 bits per heavy atom. The number of aromatic nitrogens is 1. The zero-order valence-corrected chi connectivity index (χ0v) is 28.5. The molecule has 0 bridgehead atoms. The molecule has 0 unspecified atom stereocenters. The lowest BCUT2D eigenvalue weighted by Gasteiger charge is -2.33. The van der Waals surface area contributed by atoms with Crippen LogP contribution in [-0.4, -0.2) is 11.3 Å². The van der Waals surface area contributed by atoms with Crippen molar-refractivity contribution in [2.45, 2.75) is 72.0 Å². The number of fused-ring (bicyclic) bond motifs is 7. The van der Waals surface area contributed by atoms with Crippen molar-refractivity contribution in [3.63, 3.8) is 0 Å². The van der Waals surface area contributed by atoms with Crippen LogP contribution >= 0.6 is 23.5 Å². The van der Waals surface area contributed by atoms with Gasteiger partial charge in [-0.25, -0.2) is 0 Å². The van der Waals surface area contributed by atoms with E-state index < -0.39 is 0 Å². The number of nitriles is 2. The van der Waals surface area contributed by atoms with Crippen LogP contribution in [0.3, 0.4) is 0 Å². The van der Waals surface area contributed by atoms with Gasteiger partial charge in [0, 0.05) is 36.0 Å². The molecule has 0 saturated carbocycles. The highest BCUT2D eigenvalue weighted by atomic mass is 32.2. The number of benzene rings is 5. The second kappa shape index (κ2) is 10.1. The molecular weight excluding hydrogens is 597 g/mol. The topological polar surface area (TPSA) is 52.5 Å². The van der Waals surface area contributed by atoms with Crippen molar-refractivity contribution in [3.05, 3.63) is 107 Å². The quantitative estimate of drug-likeness (QED) is 0.171. The van der Waals surface area contributed by atoms with Crippen LogP contribution in [0.25, 0.3) is 27.5 Å². The van der Waals surface area contributed by atoms with E-state index in [1.54, 1.807) is 23.5 Å². The number of hydrogen-bond acceptors (Lipinski definition) is 4. The van der Waals surface area contributed by atoms with Crippen LogP contribution in [0.2, 0.25) is 0 Å². The number of rotatable bonds is 1. The third kappa shape index (κ3) is 4.43. The zero-order chi connectivity index (χ0) is 32.1. The summed E-state index contributed by atoms with van der Waals surface area (Å²) < 4.78 is 2.44. The van der Waals surface area contributed by atoms with Crippen molar-refractivity contribution in [1.82, 2.24) is 4.57 Å². The standard InChI is InChI=1S/C40H32BN3S2/c1-39(2,3)25-9-11-32-28(17-25)29-18-26(40(4,5)6)10-12-33(29)44(32)27-19-36-38-37(20-27)46-35-14-8-24(22-43)16-31(35)41(38)30-15-23(21-42)7-13-34(30)45-36/h7-20H,1-6H3. The molecule has 3 heterocycles. The van der Waals surface area contributed by atoms with Crippen molar-refractivity contribution in [1.29, 1.82) is 10.5 Å². The molecule has 2 aliphatic heterocycles. The lowest BCUT2D eigenvalue weighted by molar-refractivity contribution is 0.590. The highest BCUT2D eigenvalue weighted by molar-refractivity contribution is 8.01. The summed E-state index contributed by atoms with van der Waals surface area (Å²) in [5, 5.41) is 22.1. The van der Waals surface area contributed by atoms with Crippen LogP contribution in [0.4, 0.5) is 0 Å². The lowest BCUT2D eigenvalue weighted by atomic mass is 9.36. The van der Waals surface area contributed by atoms with Crippen LogP contribution in [0.5, 0.6) is 0 Å². The molecule has 0 amide bonds. The van der Waals surface area contributed by atoms with Crippen molar-refractivity contribution < 1.29 is 0 Å². The Balaban J connectivity index is 1.41. The van der Waals surface area contributed by atoms with Gasteiger partial charge >= 0.3 is 0 Å². The minimum absolute atomic E-state index is 0.0324. The SMILES string of the molecule is CC(C)(C)c1ccc2c(c1)c1cc(C(C)(C)C)ccc1n2-c1cc2c3c(c1)Sc1ccc(C#N)cc1B3c1cc(C#N)ccc1S2. The lowest BCUT2D eigenvalue weighted by Crippen LogP contribution is -2.58. The van der Waals surface area contributed by atoms with Gasteiger partial charge in [-0.05, 0) is 100 Å². The summed E-state index contributed by atoms with van der Waals surface area (Å²) in [5.41, 5.74) is 11.2. The Kier molecular flexibility index (Phi) is 6.37. The van der Waals surface area contributed by atoms with E-state index in [1.807, 2.05) is 24.3 Å². The smallest absolute Gasteiger partial charge is 0.247 e. The van der Waals surface area contributed by atoms with E-state index in [0.717, 1.165) is 26.4 Å². The van der Waals surface area contributed by atoms with Crippen LogP contribution in [0.1, 0.15) is 63.8 Å². The first kappa shape index (κ1) is 29.1. The summed E-state index contributed by atoms with van der Waals surface area (Å²) in [6.45, 7) is 13.6. The molecule has 5 aromatic carbocycles. The fraction of sp³-hybridized carbons (Fsp3) is 0.200. The van der Waals surface area contributed by atoms with Crippen molar-refractivity contribution in [2.24, 2.45) is 0 Å². The van der Waals surface area contributed by atoms with Crippen LogP contribution < -0.4 is 16.4 Å². The van der Waals surface area contributed by atoms with E-state index in [-0.39, 0.29) is 17.5 Å². The molecule has 46 heavy (non-hydrogen) atoms. The summed E-state index contributed by atoms with van der Waals surface area (Å²) >= 11 is 3.57. The van der Waals surface area contributed by atoms with E-state index in [1.165, 1.54) is 48.2 Å². The summed E-state index contributed by atoms with van der Waals surface area (Å²) in [7, 11) is 0. The minimum atomic E-state index is -0.0324. The molecule has 0 N–H and O–H groups in total. The van der Waals surface area contributed by atoms with Crippen molar-refractivity contribution in [3.8, 4) is 17.8 Å². The monoisotopic (exact) mass is 629 g/mol. The highest BCUT2D eigenvalue weighted by Crippen LogP contribution is 2.43. The average molecular weight is 630 g/mol. The molecule has 8 rings (SSSR count). The molecule has 0 atom stereocenters. The zero-order valence-electron chi connectivity index (χ0n) is 26.8. The molecule has 6 heteroatoms.